The molecule has 1 fully saturated rings. The van der Waals surface area contributed by atoms with Gasteiger partial charge in [-0.1, -0.05) is 25.1 Å². The molecule has 2 aromatic rings. The second kappa shape index (κ2) is 6.53. The number of nitrogens with zero attached hydrogens (tertiary/aromatic N) is 1. The van der Waals surface area contributed by atoms with Crippen molar-refractivity contribution in [2.45, 2.75) is 13.3 Å². The van der Waals surface area contributed by atoms with E-state index in [4.69, 9.17) is 4.74 Å². The summed E-state index contributed by atoms with van der Waals surface area (Å²) in [7, 11) is 0. The Balaban J connectivity index is 1.53. The van der Waals surface area contributed by atoms with Crippen molar-refractivity contribution in [1.82, 2.24) is 0 Å². The van der Waals surface area contributed by atoms with E-state index in [1.165, 1.54) is 16.2 Å². The maximum Gasteiger partial charge on any atom is 0.353 e. The maximum atomic E-state index is 12.8. The number of fused-ring (bicyclic) bond motifs is 1. The van der Waals surface area contributed by atoms with Crippen molar-refractivity contribution in [3.05, 3.63) is 58.8 Å². The van der Waals surface area contributed by atoms with E-state index in [0.29, 0.717) is 22.7 Å². The summed E-state index contributed by atoms with van der Waals surface area (Å²) in [4.78, 5) is 39.2. The molecule has 1 aliphatic heterocycles. The van der Waals surface area contributed by atoms with Crippen LogP contribution in [0, 0.1) is 17.8 Å². The number of imide groups is 1. The molecule has 1 saturated heterocycles. The topological polar surface area (TPSA) is 63.7 Å². The van der Waals surface area contributed by atoms with Crippen LogP contribution in [-0.4, -0.2) is 17.8 Å². The number of anilines is 1. The predicted octanol–water partition coefficient (Wildman–Crippen LogP) is 3.67. The van der Waals surface area contributed by atoms with Gasteiger partial charge in [0.2, 0.25) is 11.8 Å². The van der Waals surface area contributed by atoms with E-state index in [1.54, 1.807) is 41.8 Å². The predicted molar refractivity (Wildman–Crippen MR) is 98.1 cm³/mol. The zero-order chi connectivity index (χ0) is 18.3. The monoisotopic (exact) mass is 367 g/mol. The Morgan fingerprint density at radius 1 is 1.15 bits per heavy atom. The van der Waals surface area contributed by atoms with Gasteiger partial charge in [-0.15, -0.1) is 11.3 Å². The minimum Gasteiger partial charge on any atom is -0.422 e. The number of thiophene rings is 1. The van der Waals surface area contributed by atoms with Crippen LogP contribution in [0.1, 0.15) is 23.0 Å². The van der Waals surface area contributed by atoms with Gasteiger partial charge in [-0.25, -0.2) is 4.79 Å². The summed E-state index contributed by atoms with van der Waals surface area (Å²) >= 11 is 1.31. The summed E-state index contributed by atoms with van der Waals surface area (Å²) in [6, 6.07) is 9.96. The third-order valence-corrected chi connectivity index (χ3v) is 5.75. The minimum atomic E-state index is -0.424. The molecule has 1 aromatic carbocycles. The van der Waals surface area contributed by atoms with E-state index >= 15 is 0 Å². The Hall–Kier alpha value is -2.73. The van der Waals surface area contributed by atoms with Crippen LogP contribution in [0.2, 0.25) is 0 Å². The van der Waals surface area contributed by atoms with Crippen molar-refractivity contribution in [2.24, 2.45) is 17.8 Å². The molecule has 4 rings (SSSR count). The van der Waals surface area contributed by atoms with Gasteiger partial charge < -0.3 is 4.74 Å². The Morgan fingerprint density at radius 3 is 2.58 bits per heavy atom. The van der Waals surface area contributed by atoms with Crippen LogP contribution in [0.25, 0.3) is 0 Å². The van der Waals surface area contributed by atoms with Crippen molar-refractivity contribution in [1.29, 1.82) is 0 Å². The maximum absolute atomic E-state index is 12.8. The number of benzene rings is 1. The highest BCUT2D eigenvalue weighted by Crippen LogP contribution is 2.40. The Labute approximate surface area is 154 Å². The summed E-state index contributed by atoms with van der Waals surface area (Å²) in [5.41, 5.74) is 0.512. The lowest BCUT2D eigenvalue weighted by atomic mass is 9.78. The van der Waals surface area contributed by atoms with Gasteiger partial charge in [0.25, 0.3) is 0 Å². The van der Waals surface area contributed by atoms with Gasteiger partial charge in [0.05, 0.1) is 17.5 Å². The number of ether oxygens (including phenoxy) is 1. The molecule has 132 valence electrons. The molecule has 0 spiro atoms. The molecular weight excluding hydrogens is 350 g/mol. The highest BCUT2D eigenvalue weighted by molar-refractivity contribution is 7.12. The van der Waals surface area contributed by atoms with E-state index in [1.807, 2.05) is 19.1 Å². The van der Waals surface area contributed by atoms with E-state index in [2.05, 4.69) is 0 Å². The van der Waals surface area contributed by atoms with Gasteiger partial charge in [-0.05, 0) is 48.1 Å². The number of hydrogen-bond acceptors (Lipinski definition) is 5. The van der Waals surface area contributed by atoms with Crippen LogP contribution in [0.5, 0.6) is 5.75 Å². The summed E-state index contributed by atoms with van der Waals surface area (Å²) in [6.07, 6.45) is 4.59. The number of esters is 1. The molecule has 0 saturated carbocycles. The van der Waals surface area contributed by atoms with Crippen LogP contribution in [0.3, 0.4) is 0 Å². The normalized spacial score (nSPS) is 24.7. The Bertz CT molecular complexity index is 885. The summed E-state index contributed by atoms with van der Waals surface area (Å²) in [5, 5.41) is 1.81. The molecule has 1 aromatic heterocycles. The number of hydrogen-bond donors (Lipinski definition) is 0. The largest absolute Gasteiger partial charge is 0.422 e. The average Bonchev–Trinajstić information content (AvgIpc) is 3.25. The molecule has 5 nitrogen and oxygen atoms in total. The smallest absolute Gasteiger partial charge is 0.353 e. The quantitative estimate of drug-likeness (QED) is 0.359. The fourth-order valence-electron chi connectivity index (χ4n) is 3.62. The van der Waals surface area contributed by atoms with Crippen LogP contribution in [-0.2, 0) is 9.59 Å². The summed E-state index contributed by atoms with van der Waals surface area (Å²) in [6.45, 7) is 1.97. The molecule has 0 radical (unpaired) electrons. The van der Waals surface area contributed by atoms with Crippen molar-refractivity contribution < 1.29 is 19.1 Å². The van der Waals surface area contributed by atoms with Gasteiger partial charge in [0.1, 0.15) is 10.6 Å². The molecule has 2 amide bonds. The van der Waals surface area contributed by atoms with E-state index < -0.39 is 5.97 Å². The first kappa shape index (κ1) is 16.7. The molecule has 1 aliphatic carbocycles. The first-order chi connectivity index (χ1) is 12.6. The van der Waals surface area contributed by atoms with Gasteiger partial charge in [-0.3, -0.25) is 14.5 Å². The number of carbonyl (C=O) groups excluding carboxylic acids is 3. The molecule has 2 heterocycles. The zero-order valence-corrected chi connectivity index (χ0v) is 14.9. The summed E-state index contributed by atoms with van der Waals surface area (Å²) in [5.74, 6) is -0.866. The highest BCUT2D eigenvalue weighted by atomic mass is 32.1. The SMILES string of the molecule is C[C@H]1C=CC[C@@H]2C(=O)N(c3ccc(OC(=O)c4cccs4)cc3)C(=O)[C@@H]21. The van der Waals surface area contributed by atoms with E-state index in [0.717, 1.165) is 0 Å². The lowest BCUT2D eigenvalue weighted by Gasteiger charge is -2.22. The fourth-order valence-corrected chi connectivity index (χ4v) is 4.22. The minimum absolute atomic E-state index is 0.0567. The van der Waals surface area contributed by atoms with Gasteiger partial charge >= 0.3 is 5.97 Å². The molecule has 26 heavy (non-hydrogen) atoms. The lowest BCUT2D eigenvalue weighted by molar-refractivity contribution is -0.122. The second-order valence-electron chi connectivity index (χ2n) is 6.53. The zero-order valence-electron chi connectivity index (χ0n) is 14.1. The number of carbonyl (C=O) groups is 3. The highest BCUT2D eigenvalue weighted by Gasteiger charge is 2.50. The van der Waals surface area contributed by atoms with Gasteiger partial charge in [0, 0.05) is 0 Å². The molecule has 3 atom stereocenters. The summed E-state index contributed by atoms with van der Waals surface area (Å²) < 4.78 is 5.31. The van der Waals surface area contributed by atoms with Crippen LogP contribution >= 0.6 is 11.3 Å². The molecule has 6 heteroatoms. The van der Waals surface area contributed by atoms with E-state index in [9.17, 15) is 14.4 Å². The Morgan fingerprint density at radius 2 is 1.92 bits per heavy atom. The molecule has 0 unspecified atom stereocenters. The molecular formula is C20H17NO4S. The third kappa shape index (κ3) is 2.76. The van der Waals surface area contributed by atoms with Crippen LogP contribution in [0.15, 0.2) is 53.9 Å². The number of rotatable bonds is 3. The number of allylic oxidation sites excluding steroid dienone is 2. The molecule has 0 bridgehead atoms. The molecule has 0 N–H and O–H groups in total. The van der Waals surface area contributed by atoms with Crippen LogP contribution in [0.4, 0.5) is 5.69 Å². The second-order valence-corrected chi connectivity index (χ2v) is 7.48. The standard InChI is InChI=1S/C20H17NO4S/c1-12-4-2-5-15-17(12)19(23)21(18(15)22)13-7-9-14(10-8-13)25-20(24)16-6-3-11-26-16/h2-4,6-12,15,17H,5H2,1H3/t12-,15-,17+/m0/s1. The third-order valence-electron chi connectivity index (χ3n) is 4.90. The van der Waals surface area contributed by atoms with Crippen molar-refractivity contribution >= 4 is 34.8 Å². The van der Waals surface area contributed by atoms with Crippen molar-refractivity contribution in [2.75, 3.05) is 4.90 Å². The fraction of sp³-hybridized carbons (Fsp3) is 0.250. The van der Waals surface area contributed by atoms with Gasteiger partial charge in [-0.2, -0.15) is 0 Å². The van der Waals surface area contributed by atoms with Gasteiger partial charge in [0.15, 0.2) is 0 Å². The number of amides is 2. The molecule has 2 aliphatic rings. The van der Waals surface area contributed by atoms with Crippen LogP contribution < -0.4 is 9.64 Å². The van der Waals surface area contributed by atoms with E-state index in [-0.39, 0.29) is 29.6 Å². The first-order valence-corrected chi connectivity index (χ1v) is 9.34. The lowest BCUT2D eigenvalue weighted by Crippen LogP contribution is -2.31. The van der Waals surface area contributed by atoms with Crippen molar-refractivity contribution in [3.63, 3.8) is 0 Å². The first-order valence-electron chi connectivity index (χ1n) is 8.46. The Kier molecular flexibility index (Phi) is 4.20. The van der Waals surface area contributed by atoms with Crippen molar-refractivity contribution in [3.8, 4) is 5.75 Å². The average molecular weight is 367 g/mol.